The minimum Gasteiger partial charge on any atom is -0.490 e. The number of hydrogen-bond donors (Lipinski definition) is 0. The van der Waals surface area contributed by atoms with Crippen molar-refractivity contribution in [1.82, 2.24) is 0 Å². The quantitative estimate of drug-likeness (QED) is 0.252. The molecule has 31 heavy (non-hydrogen) atoms. The molecular formula is C25H26BrNO4. The molecule has 0 saturated heterocycles. The zero-order valence-corrected chi connectivity index (χ0v) is 19.8. The van der Waals surface area contributed by atoms with Crippen LogP contribution < -0.4 is 9.47 Å². The van der Waals surface area contributed by atoms with Crippen LogP contribution in [0.1, 0.15) is 50.3 Å². The van der Waals surface area contributed by atoms with Crippen molar-refractivity contribution in [2.45, 2.75) is 33.6 Å². The monoisotopic (exact) mass is 483 g/mol. The van der Waals surface area contributed by atoms with Crippen LogP contribution in [-0.2, 0) is 9.53 Å². The van der Waals surface area contributed by atoms with Crippen LogP contribution in [0.25, 0.3) is 6.08 Å². The molecule has 2 aromatic rings. The zero-order valence-electron chi connectivity index (χ0n) is 18.2. The van der Waals surface area contributed by atoms with Gasteiger partial charge in [0.2, 0.25) is 5.90 Å². The predicted octanol–water partition coefficient (Wildman–Crippen LogP) is 6.27. The summed E-state index contributed by atoms with van der Waals surface area (Å²) in [5.74, 6) is 1.41. The van der Waals surface area contributed by atoms with Crippen molar-refractivity contribution in [3.63, 3.8) is 0 Å². The number of carbonyl (C=O) groups excluding carboxylic acids is 1. The molecule has 1 heterocycles. The summed E-state index contributed by atoms with van der Waals surface area (Å²) in [4.78, 5) is 16.8. The molecule has 5 nitrogen and oxygen atoms in total. The SMILES string of the molecule is C=C(C)COc1c(Br)cc(/C=C2\N=C(c3ccc(C(C)C)cc3)OC2=O)cc1OCC. The zero-order chi connectivity index (χ0) is 22.5. The van der Waals surface area contributed by atoms with Crippen molar-refractivity contribution in [3.8, 4) is 11.5 Å². The third-order valence-corrected chi connectivity index (χ3v) is 5.13. The smallest absolute Gasteiger partial charge is 0.363 e. The highest BCUT2D eigenvalue weighted by Crippen LogP contribution is 2.38. The molecule has 0 spiro atoms. The number of ether oxygens (including phenoxy) is 3. The van der Waals surface area contributed by atoms with Crippen molar-refractivity contribution in [2.75, 3.05) is 13.2 Å². The maximum Gasteiger partial charge on any atom is 0.363 e. The van der Waals surface area contributed by atoms with E-state index in [-0.39, 0.29) is 5.70 Å². The second-order valence-electron chi connectivity index (χ2n) is 7.62. The van der Waals surface area contributed by atoms with Crippen LogP contribution in [0.5, 0.6) is 11.5 Å². The molecule has 6 heteroatoms. The van der Waals surface area contributed by atoms with E-state index in [9.17, 15) is 4.79 Å². The Morgan fingerprint density at radius 1 is 1.23 bits per heavy atom. The number of cyclic esters (lactones) is 1. The van der Waals surface area contributed by atoms with Gasteiger partial charge in [0.1, 0.15) is 6.61 Å². The Kier molecular flexibility index (Phi) is 7.33. The second kappa shape index (κ2) is 9.96. The Labute approximate surface area is 191 Å². The van der Waals surface area contributed by atoms with Crippen molar-refractivity contribution in [3.05, 3.63) is 75.4 Å². The highest BCUT2D eigenvalue weighted by molar-refractivity contribution is 9.10. The lowest BCUT2D eigenvalue weighted by Crippen LogP contribution is -2.05. The first-order chi connectivity index (χ1) is 14.8. The van der Waals surface area contributed by atoms with E-state index in [1.807, 2.05) is 50.2 Å². The van der Waals surface area contributed by atoms with E-state index in [0.29, 0.717) is 41.0 Å². The summed E-state index contributed by atoms with van der Waals surface area (Å²) in [6, 6.07) is 11.5. The highest BCUT2D eigenvalue weighted by atomic mass is 79.9. The number of esters is 1. The molecular weight excluding hydrogens is 458 g/mol. The third kappa shape index (κ3) is 5.64. The summed E-state index contributed by atoms with van der Waals surface area (Å²) in [6.45, 7) is 12.8. The molecule has 0 atom stereocenters. The number of aliphatic imine (C=N–C) groups is 1. The van der Waals surface area contributed by atoms with Gasteiger partial charge in [0.05, 0.1) is 11.1 Å². The first-order valence-electron chi connectivity index (χ1n) is 10.1. The fraction of sp³-hybridized carbons (Fsp3) is 0.280. The molecule has 0 bridgehead atoms. The Hall–Kier alpha value is -2.86. The predicted molar refractivity (Wildman–Crippen MR) is 127 cm³/mol. The Balaban J connectivity index is 1.91. The van der Waals surface area contributed by atoms with Gasteiger partial charge in [-0.05, 0) is 82.7 Å². The van der Waals surface area contributed by atoms with Gasteiger partial charge < -0.3 is 14.2 Å². The van der Waals surface area contributed by atoms with E-state index in [1.54, 1.807) is 6.08 Å². The van der Waals surface area contributed by atoms with Crippen molar-refractivity contribution in [2.24, 2.45) is 4.99 Å². The largest absolute Gasteiger partial charge is 0.490 e. The molecule has 0 unspecified atom stereocenters. The number of carbonyl (C=O) groups is 1. The fourth-order valence-corrected chi connectivity index (χ4v) is 3.54. The summed E-state index contributed by atoms with van der Waals surface area (Å²) in [5.41, 5.74) is 3.85. The summed E-state index contributed by atoms with van der Waals surface area (Å²) < 4.78 is 17.7. The number of benzene rings is 2. The summed E-state index contributed by atoms with van der Waals surface area (Å²) >= 11 is 3.53. The molecule has 0 N–H and O–H groups in total. The highest BCUT2D eigenvalue weighted by Gasteiger charge is 2.24. The van der Waals surface area contributed by atoms with Gasteiger partial charge in [-0.15, -0.1) is 0 Å². The first kappa shape index (κ1) is 22.8. The van der Waals surface area contributed by atoms with Crippen molar-refractivity contribution < 1.29 is 19.0 Å². The van der Waals surface area contributed by atoms with Gasteiger partial charge in [-0.25, -0.2) is 9.79 Å². The second-order valence-corrected chi connectivity index (χ2v) is 8.48. The van der Waals surface area contributed by atoms with E-state index in [0.717, 1.165) is 16.7 Å². The van der Waals surface area contributed by atoms with Crippen LogP contribution in [0.4, 0.5) is 0 Å². The van der Waals surface area contributed by atoms with E-state index in [1.165, 1.54) is 5.56 Å². The van der Waals surface area contributed by atoms with Gasteiger partial charge in [-0.3, -0.25) is 0 Å². The standard InChI is InChI=1S/C25H26BrNO4/c1-6-29-22-13-17(11-20(26)23(22)30-14-15(2)3)12-21-25(28)31-24(27-21)19-9-7-18(8-10-19)16(4)5/h7-13,16H,2,6,14H2,1,3-5H3/b21-12-. The molecule has 3 rings (SSSR count). The van der Waals surface area contributed by atoms with Crippen LogP contribution in [0.15, 0.2) is 63.7 Å². The van der Waals surface area contributed by atoms with E-state index >= 15 is 0 Å². The van der Waals surface area contributed by atoms with Gasteiger partial charge >= 0.3 is 5.97 Å². The summed E-state index contributed by atoms with van der Waals surface area (Å²) in [7, 11) is 0. The van der Waals surface area contributed by atoms with Crippen molar-refractivity contribution in [1.29, 1.82) is 0 Å². The van der Waals surface area contributed by atoms with Crippen LogP contribution in [0.2, 0.25) is 0 Å². The maximum absolute atomic E-state index is 12.4. The molecule has 1 aliphatic heterocycles. The van der Waals surface area contributed by atoms with Crippen LogP contribution in [0.3, 0.4) is 0 Å². The molecule has 0 saturated carbocycles. The number of halogens is 1. The summed E-state index contributed by atoms with van der Waals surface area (Å²) in [5, 5.41) is 0. The van der Waals surface area contributed by atoms with Gasteiger partial charge in [0, 0.05) is 5.56 Å². The molecule has 162 valence electrons. The minimum atomic E-state index is -0.486. The lowest BCUT2D eigenvalue weighted by Gasteiger charge is -2.14. The maximum atomic E-state index is 12.4. The Bertz CT molecular complexity index is 1050. The van der Waals surface area contributed by atoms with Crippen LogP contribution >= 0.6 is 15.9 Å². The minimum absolute atomic E-state index is 0.230. The Morgan fingerprint density at radius 3 is 2.55 bits per heavy atom. The first-order valence-corrected chi connectivity index (χ1v) is 10.9. The molecule has 2 aromatic carbocycles. The fourth-order valence-electron chi connectivity index (χ4n) is 2.97. The van der Waals surface area contributed by atoms with Crippen molar-refractivity contribution >= 4 is 33.9 Å². The van der Waals surface area contributed by atoms with Gasteiger partial charge in [-0.2, -0.15) is 0 Å². The van der Waals surface area contributed by atoms with E-state index in [4.69, 9.17) is 14.2 Å². The average Bonchev–Trinajstić information content (AvgIpc) is 3.07. The topological polar surface area (TPSA) is 57.1 Å². The van der Waals surface area contributed by atoms with E-state index in [2.05, 4.69) is 41.3 Å². The van der Waals surface area contributed by atoms with E-state index < -0.39 is 5.97 Å². The molecule has 0 amide bonds. The van der Waals surface area contributed by atoms with Crippen LogP contribution in [-0.4, -0.2) is 25.1 Å². The molecule has 0 fully saturated rings. The normalized spacial score (nSPS) is 14.6. The lowest BCUT2D eigenvalue weighted by atomic mass is 10.0. The molecule has 0 aromatic heterocycles. The molecule has 1 aliphatic rings. The molecule has 0 radical (unpaired) electrons. The number of hydrogen-bond acceptors (Lipinski definition) is 5. The Morgan fingerprint density at radius 2 is 1.94 bits per heavy atom. The molecule has 0 aliphatic carbocycles. The lowest BCUT2D eigenvalue weighted by molar-refractivity contribution is -0.129. The average molecular weight is 484 g/mol. The summed E-state index contributed by atoms with van der Waals surface area (Å²) in [6.07, 6.45) is 1.67. The van der Waals surface area contributed by atoms with Gasteiger partial charge in [0.25, 0.3) is 0 Å². The van der Waals surface area contributed by atoms with Gasteiger partial charge in [-0.1, -0.05) is 32.6 Å². The van der Waals surface area contributed by atoms with Gasteiger partial charge in [0.15, 0.2) is 17.2 Å². The van der Waals surface area contributed by atoms with Crippen LogP contribution in [0, 0.1) is 0 Å². The number of rotatable bonds is 8. The third-order valence-electron chi connectivity index (χ3n) is 4.54. The number of nitrogens with zero attached hydrogens (tertiary/aromatic N) is 1.